The van der Waals surface area contributed by atoms with Crippen molar-refractivity contribution >= 4 is 19.2 Å². The van der Waals surface area contributed by atoms with Gasteiger partial charge in [-0.3, -0.25) is 4.57 Å². The van der Waals surface area contributed by atoms with Crippen LogP contribution in [0.15, 0.2) is 18.2 Å². The molecular formula is C13H20ClO5P. The maximum absolute atomic E-state index is 12.4. The maximum Gasteiger partial charge on any atom is 0.333 e. The number of benzene rings is 1. The van der Waals surface area contributed by atoms with Crippen LogP contribution < -0.4 is 4.74 Å². The third-order valence-electron chi connectivity index (χ3n) is 2.61. The van der Waals surface area contributed by atoms with Gasteiger partial charge in [0, 0.05) is 5.56 Å². The highest BCUT2D eigenvalue weighted by Gasteiger charge is 2.29. The van der Waals surface area contributed by atoms with Gasteiger partial charge in [-0.25, -0.2) is 0 Å². The number of aliphatic hydroxyl groups is 1. The topological polar surface area (TPSA) is 65.0 Å². The number of rotatable bonds is 8. The molecule has 1 rings (SSSR count). The molecule has 114 valence electrons. The summed E-state index contributed by atoms with van der Waals surface area (Å²) in [6.45, 7) is 3.94. The molecule has 0 bridgehead atoms. The fraction of sp³-hybridized carbons (Fsp3) is 0.538. The van der Waals surface area contributed by atoms with Gasteiger partial charge >= 0.3 is 7.60 Å². The fourth-order valence-electron chi connectivity index (χ4n) is 1.75. The first-order valence-corrected chi connectivity index (χ1v) is 8.46. The molecule has 0 radical (unpaired) electrons. The summed E-state index contributed by atoms with van der Waals surface area (Å²) in [4.78, 5) is 0. The number of aliphatic hydroxyl groups excluding tert-OH is 1. The minimum atomic E-state index is -3.32. The number of methoxy groups -OCH3 is 1. The summed E-state index contributed by atoms with van der Waals surface area (Å²) >= 11 is 6.07. The van der Waals surface area contributed by atoms with Crippen molar-refractivity contribution in [1.82, 2.24) is 0 Å². The molecule has 0 heterocycles. The van der Waals surface area contributed by atoms with E-state index in [0.717, 1.165) is 0 Å². The van der Waals surface area contributed by atoms with Crippen LogP contribution >= 0.6 is 19.2 Å². The van der Waals surface area contributed by atoms with Crippen molar-refractivity contribution in [3.05, 3.63) is 28.8 Å². The minimum Gasteiger partial charge on any atom is -0.497 e. The third-order valence-corrected chi connectivity index (χ3v) is 5.04. The predicted molar refractivity (Wildman–Crippen MR) is 78.7 cm³/mol. The van der Waals surface area contributed by atoms with E-state index in [1.165, 1.54) is 7.11 Å². The zero-order valence-electron chi connectivity index (χ0n) is 11.8. The molecule has 0 spiro atoms. The number of hydrogen-bond acceptors (Lipinski definition) is 5. The van der Waals surface area contributed by atoms with Crippen LogP contribution in [-0.2, 0) is 13.6 Å². The highest BCUT2D eigenvalue weighted by Crippen LogP contribution is 2.51. The highest BCUT2D eigenvalue weighted by molar-refractivity contribution is 7.53. The Morgan fingerprint density at radius 2 is 1.90 bits per heavy atom. The Morgan fingerprint density at radius 3 is 2.35 bits per heavy atom. The van der Waals surface area contributed by atoms with Crippen molar-refractivity contribution in [1.29, 1.82) is 0 Å². The van der Waals surface area contributed by atoms with Crippen molar-refractivity contribution in [3.63, 3.8) is 0 Å². The molecule has 1 atom stereocenters. The number of ether oxygens (including phenoxy) is 1. The lowest BCUT2D eigenvalue weighted by Crippen LogP contribution is -2.09. The van der Waals surface area contributed by atoms with Gasteiger partial charge in [0.15, 0.2) is 0 Å². The molecule has 1 N–H and O–H groups in total. The van der Waals surface area contributed by atoms with Crippen LogP contribution in [0.4, 0.5) is 0 Å². The van der Waals surface area contributed by atoms with E-state index < -0.39 is 13.7 Å². The van der Waals surface area contributed by atoms with Crippen molar-refractivity contribution < 1.29 is 23.5 Å². The van der Waals surface area contributed by atoms with Gasteiger partial charge in [0.2, 0.25) is 0 Å². The molecule has 0 aliphatic rings. The Kier molecular flexibility index (Phi) is 7.00. The van der Waals surface area contributed by atoms with Gasteiger partial charge in [0.25, 0.3) is 0 Å². The van der Waals surface area contributed by atoms with Crippen LogP contribution in [0.1, 0.15) is 25.5 Å². The Bertz CT molecular complexity index is 470. The second kappa shape index (κ2) is 8.01. The Labute approximate surface area is 124 Å². The summed E-state index contributed by atoms with van der Waals surface area (Å²) in [6.07, 6.45) is -1.17. The summed E-state index contributed by atoms with van der Waals surface area (Å²) < 4.78 is 27.7. The van der Waals surface area contributed by atoms with Gasteiger partial charge in [-0.1, -0.05) is 17.7 Å². The van der Waals surface area contributed by atoms with Gasteiger partial charge < -0.3 is 18.9 Å². The first-order chi connectivity index (χ1) is 9.45. The maximum atomic E-state index is 12.4. The Morgan fingerprint density at radius 1 is 1.30 bits per heavy atom. The summed E-state index contributed by atoms with van der Waals surface area (Å²) in [6, 6.07) is 4.90. The van der Waals surface area contributed by atoms with E-state index in [2.05, 4.69) is 0 Å². The van der Waals surface area contributed by atoms with E-state index in [4.69, 9.17) is 25.4 Å². The van der Waals surface area contributed by atoms with E-state index in [0.29, 0.717) is 16.3 Å². The lowest BCUT2D eigenvalue weighted by Gasteiger charge is -2.21. The first-order valence-electron chi connectivity index (χ1n) is 6.35. The molecule has 1 unspecified atom stereocenters. The summed E-state index contributed by atoms with van der Waals surface area (Å²) in [7, 11) is -1.79. The standard InChI is InChI=1S/C13H20ClO5P/c1-4-18-20(16,19-5-2)9-13(15)11-7-6-10(17-3)8-12(11)14/h6-8,13,15H,4-5,9H2,1-3H3. The van der Waals surface area contributed by atoms with E-state index in [1.54, 1.807) is 32.0 Å². The van der Waals surface area contributed by atoms with Crippen LogP contribution in [0.2, 0.25) is 5.02 Å². The SMILES string of the molecule is CCOP(=O)(CC(O)c1ccc(OC)cc1Cl)OCC. The third kappa shape index (κ3) is 4.76. The van der Waals surface area contributed by atoms with E-state index >= 15 is 0 Å². The lowest BCUT2D eigenvalue weighted by atomic mass is 10.1. The number of hydrogen-bond donors (Lipinski definition) is 1. The van der Waals surface area contributed by atoms with Gasteiger partial charge in [-0.2, -0.15) is 0 Å². The molecule has 0 aliphatic heterocycles. The Balaban J connectivity index is 2.88. The molecule has 20 heavy (non-hydrogen) atoms. The zero-order valence-corrected chi connectivity index (χ0v) is 13.5. The molecule has 1 aromatic carbocycles. The molecule has 0 saturated heterocycles. The van der Waals surface area contributed by atoms with Gasteiger partial charge in [-0.05, 0) is 26.0 Å². The van der Waals surface area contributed by atoms with Crippen molar-refractivity contribution in [3.8, 4) is 5.75 Å². The molecule has 7 heteroatoms. The van der Waals surface area contributed by atoms with E-state index in [-0.39, 0.29) is 19.4 Å². The van der Waals surface area contributed by atoms with Crippen molar-refractivity contribution in [2.24, 2.45) is 0 Å². The lowest BCUT2D eigenvalue weighted by molar-refractivity contribution is 0.170. The second-order valence-electron chi connectivity index (χ2n) is 4.03. The second-order valence-corrected chi connectivity index (χ2v) is 6.54. The van der Waals surface area contributed by atoms with E-state index in [1.807, 2.05) is 0 Å². The first kappa shape index (κ1) is 17.5. The highest BCUT2D eigenvalue weighted by atomic mass is 35.5. The molecule has 0 saturated carbocycles. The summed E-state index contributed by atoms with van der Waals surface area (Å²) in [5.74, 6) is 0.587. The smallest absolute Gasteiger partial charge is 0.333 e. The molecule has 5 nitrogen and oxygen atoms in total. The minimum absolute atomic E-state index is 0.138. The molecule has 0 fully saturated rings. The molecule has 0 aliphatic carbocycles. The van der Waals surface area contributed by atoms with Crippen LogP contribution in [0, 0.1) is 0 Å². The average Bonchev–Trinajstić information content (AvgIpc) is 2.38. The Hall–Kier alpha value is -0.580. The number of halogens is 1. The average molecular weight is 323 g/mol. The summed E-state index contributed by atoms with van der Waals surface area (Å²) in [5.41, 5.74) is 0.465. The quantitative estimate of drug-likeness (QED) is 0.740. The summed E-state index contributed by atoms with van der Waals surface area (Å²) in [5, 5.41) is 10.5. The molecular weight excluding hydrogens is 303 g/mol. The van der Waals surface area contributed by atoms with Gasteiger partial charge in [-0.15, -0.1) is 0 Å². The molecule has 0 amide bonds. The normalized spacial score (nSPS) is 13.2. The van der Waals surface area contributed by atoms with Gasteiger partial charge in [0.05, 0.1) is 37.6 Å². The van der Waals surface area contributed by atoms with Crippen LogP contribution in [0.25, 0.3) is 0 Å². The van der Waals surface area contributed by atoms with Crippen LogP contribution in [-0.4, -0.2) is 31.6 Å². The molecule has 0 aromatic heterocycles. The largest absolute Gasteiger partial charge is 0.497 e. The monoisotopic (exact) mass is 322 g/mol. The van der Waals surface area contributed by atoms with Crippen LogP contribution in [0.3, 0.4) is 0 Å². The van der Waals surface area contributed by atoms with Crippen molar-refractivity contribution in [2.45, 2.75) is 20.0 Å². The van der Waals surface area contributed by atoms with Gasteiger partial charge in [0.1, 0.15) is 5.75 Å². The van der Waals surface area contributed by atoms with Crippen molar-refractivity contribution in [2.75, 3.05) is 26.5 Å². The van der Waals surface area contributed by atoms with E-state index in [9.17, 15) is 9.67 Å². The zero-order chi connectivity index (χ0) is 15.2. The fourth-order valence-corrected chi connectivity index (χ4v) is 3.74. The molecule has 1 aromatic rings. The predicted octanol–water partition coefficient (Wildman–Crippen LogP) is 3.65. The van der Waals surface area contributed by atoms with Crippen LogP contribution in [0.5, 0.6) is 5.75 Å².